The molecule has 1 aliphatic rings. The van der Waals surface area contributed by atoms with E-state index in [2.05, 4.69) is 48.3 Å². The Labute approximate surface area is 126 Å². The Morgan fingerprint density at radius 3 is 2.62 bits per heavy atom. The lowest BCUT2D eigenvalue weighted by Crippen LogP contribution is -2.43. The predicted molar refractivity (Wildman–Crippen MR) is 86.9 cm³/mol. The van der Waals surface area contributed by atoms with Gasteiger partial charge in [0.1, 0.15) is 5.75 Å². The lowest BCUT2D eigenvalue weighted by Gasteiger charge is -2.38. The maximum Gasteiger partial charge on any atom is 0.119 e. The third kappa shape index (κ3) is 2.61. The van der Waals surface area contributed by atoms with E-state index in [0.717, 1.165) is 18.6 Å². The molecule has 3 rings (SSSR count). The fourth-order valence-corrected chi connectivity index (χ4v) is 3.22. The molecule has 2 aromatic carbocycles. The van der Waals surface area contributed by atoms with Crippen molar-refractivity contribution in [3.05, 3.63) is 59.7 Å². The number of nitrogens with two attached hydrogens (primary N) is 1. The van der Waals surface area contributed by atoms with Crippen LogP contribution in [-0.4, -0.2) is 20.2 Å². The van der Waals surface area contributed by atoms with Gasteiger partial charge in [0.15, 0.2) is 0 Å². The minimum atomic E-state index is 0.00839. The quantitative estimate of drug-likeness (QED) is 0.940. The fraction of sp³-hybridized carbons (Fsp3) is 0.333. The van der Waals surface area contributed by atoms with E-state index in [4.69, 9.17) is 10.5 Å². The topological polar surface area (TPSA) is 38.5 Å². The summed E-state index contributed by atoms with van der Waals surface area (Å²) in [5.74, 6) is 0.882. The Balaban J connectivity index is 1.89. The van der Waals surface area contributed by atoms with Gasteiger partial charge in [0.25, 0.3) is 0 Å². The molecule has 0 radical (unpaired) electrons. The van der Waals surface area contributed by atoms with E-state index in [1.54, 1.807) is 7.11 Å². The molecule has 0 heterocycles. The van der Waals surface area contributed by atoms with E-state index in [1.807, 2.05) is 12.1 Å². The van der Waals surface area contributed by atoms with Crippen LogP contribution >= 0.6 is 0 Å². The summed E-state index contributed by atoms with van der Waals surface area (Å²) in [4.78, 5) is 2.30. The zero-order chi connectivity index (χ0) is 14.8. The maximum atomic E-state index is 6.56. The average Bonchev–Trinajstić information content (AvgIpc) is 2.55. The van der Waals surface area contributed by atoms with Crippen LogP contribution in [0.15, 0.2) is 48.5 Å². The molecular weight excluding hydrogens is 260 g/mol. The van der Waals surface area contributed by atoms with E-state index >= 15 is 0 Å². The van der Waals surface area contributed by atoms with Gasteiger partial charge >= 0.3 is 0 Å². The van der Waals surface area contributed by atoms with Gasteiger partial charge in [-0.15, -0.1) is 0 Å². The van der Waals surface area contributed by atoms with Crippen molar-refractivity contribution in [2.75, 3.05) is 19.1 Å². The van der Waals surface area contributed by atoms with Crippen LogP contribution in [0.2, 0.25) is 0 Å². The van der Waals surface area contributed by atoms with Crippen molar-refractivity contribution in [1.82, 2.24) is 0 Å². The molecule has 2 aromatic rings. The molecule has 3 heteroatoms. The van der Waals surface area contributed by atoms with Crippen molar-refractivity contribution in [2.24, 2.45) is 5.73 Å². The molecule has 0 aliphatic heterocycles. The van der Waals surface area contributed by atoms with Gasteiger partial charge in [-0.05, 0) is 48.2 Å². The average molecular weight is 282 g/mol. The number of benzene rings is 2. The zero-order valence-corrected chi connectivity index (χ0v) is 12.6. The first kappa shape index (κ1) is 14.0. The van der Waals surface area contributed by atoms with Crippen molar-refractivity contribution in [2.45, 2.75) is 24.9 Å². The second-order valence-electron chi connectivity index (χ2n) is 5.64. The first-order valence-electron chi connectivity index (χ1n) is 7.41. The van der Waals surface area contributed by atoms with Gasteiger partial charge in [-0.25, -0.2) is 0 Å². The van der Waals surface area contributed by atoms with E-state index < -0.39 is 0 Å². The lowest BCUT2D eigenvalue weighted by molar-refractivity contribution is 0.409. The molecule has 0 aromatic heterocycles. The van der Waals surface area contributed by atoms with Crippen molar-refractivity contribution in [3.8, 4) is 5.75 Å². The SMILES string of the molecule is COc1ccc2c(c1)C(N)C(N(C)c1ccccc1)CC2. The third-order valence-electron chi connectivity index (χ3n) is 4.50. The summed E-state index contributed by atoms with van der Waals surface area (Å²) in [5, 5.41) is 0. The van der Waals surface area contributed by atoms with Gasteiger partial charge in [0, 0.05) is 18.8 Å². The molecule has 3 nitrogen and oxygen atoms in total. The van der Waals surface area contributed by atoms with Crippen LogP contribution in [0.4, 0.5) is 5.69 Å². The van der Waals surface area contributed by atoms with Crippen LogP contribution in [0.25, 0.3) is 0 Å². The van der Waals surface area contributed by atoms with Crippen LogP contribution < -0.4 is 15.4 Å². The Bertz CT molecular complexity index is 612. The van der Waals surface area contributed by atoms with Gasteiger partial charge in [-0.1, -0.05) is 24.3 Å². The number of likely N-dealkylation sites (N-methyl/N-ethyl adjacent to an activating group) is 1. The fourth-order valence-electron chi connectivity index (χ4n) is 3.22. The van der Waals surface area contributed by atoms with Gasteiger partial charge in [-0.2, -0.15) is 0 Å². The highest BCUT2D eigenvalue weighted by Gasteiger charge is 2.30. The smallest absolute Gasteiger partial charge is 0.119 e. The number of aryl methyl sites for hydroxylation is 1. The van der Waals surface area contributed by atoms with Crippen molar-refractivity contribution >= 4 is 5.69 Å². The number of fused-ring (bicyclic) bond motifs is 1. The minimum Gasteiger partial charge on any atom is -0.497 e. The van der Waals surface area contributed by atoms with Gasteiger partial charge in [0.2, 0.25) is 0 Å². The number of anilines is 1. The van der Waals surface area contributed by atoms with Gasteiger partial charge < -0.3 is 15.4 Å². The first-order chi connectivity index (χ1) is 10.2. The summed E-state index contributed by atoms with van der Waals surface area (Å²) in [5.41, 5.74) is 10.3. The summed E-state index contributed by atoms with van der Waals surface area (Å²) in [6.07, 6.45) is 2.14. The van der Waals surface area contributed by atoms with Crippen molar-refractivity contribution in [3.63, 3.8) is 0 Å². The number of para-hydroxylation sites is 1. The summed E-state index contributed by atoms with van der Waals surface area (Å²) in [6.45, 7) is 0. The monoisotopic (exact) mass is 282 g/mol. The number of hydrogen-bond acceptors (Lipinski definition) is 3. The number of ether oxygens (including phenoxy) is 1. The highest BCUT2D eigenvalue weighted by molar-refractivity contribution is 5.49. The summed E-state index contributed by atoms with van der Waals surface area (Å²) < 4.78 is 5.34. The van der Waals surface area contributed by atoms with E-state index in [9.17, 15) is 0 Å². The highest BCUT2D eigenvalue weighted by atomic mass is 16.5. The molecular formula is C18H22N2O. The molecule has 0 fully saturated rings. The Morgan fingerprint density at radius 2 is 1.90 bits per heavy atom. The van der Waals surface area contributed by atoms with E-state index in [1.165, 1.54) is 16.8 Å². The molecule has 2 atom stereocenters. The number of hydrogen-bond donors (Lipinski definition) is 1. The Hall–Kier alpha value is -2.00. The lowest BCUT2D eigenvalue weighted by atomic mass is 9.83. The number of nitrogens with zero attached hydrogens (tertiary/aromatic N) is 1. The van der Waals surface area contributed by atoms with Crippen LogP contribution in [0.3, 0.4) is 0 Å². The second kappa shape index (κ2) is 5.78. The number of rotatable bonds is 3. The van der Waals surface area contributed by atoms with Crippen molar-refractivity contribution in [1.29, 1.82) is 0 Å². The zero-order valence-electron chi connectivity index (χ0n) is 12.6. The standard InChI is InChI=1S/C18H22N2O/c1-20(14-6-4-3-5-7-14)17-11-9-13-8-10-15(21-2)12-16(13)18(17)19/h3-8,10,12,17-18H,9,11,19H2,1-2H3. The summed E-state index contributed by atoms with van der Waals surface area (Å²) in [6, 6.07) is 17.0. The molecule has 0 saturated heterocycles. The molecule has 0 spiro atoms. The van der Waals surface area contributed by atoms with E-state index in [0.29, 0.717) is 6.04 Å². The Kier molecular flexibility index (Phi) is 3.84. The molecule has 2 unspecified atom stereocenters. The van der Waals surface area contributed by atoms with Crippen molar-refractivity contribution < 1.29 is 4.74 Å². The highest BCUT2D eigenvalue weighted by Crippen LogP contribution is 2.34. The molecule has 2 N–H and O–H groups in total. The number of methoxy groups -OCH3 is 1. The van der Waals surface area contributed by atoms with E-state index in [-0.39, 0.29) is 6.04 Å². The van der Waals surface area contributed by atoms with Crippen LogP contribution in [0.5, 0.6) is 5.75 Å². The third-order valence-corrected chi connectivity index (χ3v) is 4.50. The van der Waals surface area contributed by atoms with Gasteiger partial charge in [-0.3, -0.25) is 0 Å². The van der Waals surface area contributed by atoms with Gasteiger partial charge in [0.05, 0.1) is 13.2 Å². The second-order valence-corrected chi connectivity index (χ2v) is 5.64. The molecule has 0 amide bonds. The first-order valence-corrected chi connectivity index (χ1v) is 7.41. The molecule has 0 saturated carbocycles. The summed E-state index contributed by atoms with van der Waals surface area (Å²) >= 11 is 0. The Morgan fingerprint density at radius 1 is 1.14 bits per heavy atom. The maximum absolute atomic E-state index is 6.56. The van der Waals surface area contributed by atoms with Crippen LogP contribution in [-0.2, 0) is 6.42 Å². The summed E-state index contributed by atoms with van der Waals surface area (Å²) in [7, 11) is 3.83. The predicted octanol–water partition coefficient (Wildman–Crippen LogP) is 3.15. The minimum absolute atomic E-state index is 0.00839. The molecule has 1 aliphatic carbocycles. The largest absolute Gasteiger partial charge is 0.497 e. The van der Waals surface area contributed by atoms with Crippen LogP contribution in [0.1, 0.15) is 23.6 Å². The molecule has 0 bridgehead atoms. The molecule has 110 valence electrons. The van der Waals surface area contributed by atoms with Crippen LogP contribution in [0, 0.1) is 0 Å². The normalized spacial score (nSPS) is 20.7. The molecule has 21 heavy (non-hydrogen) atoms.